The van der Waals surface area contributed by atoms with Crippen molar-refractivity contribution in [1.29, 1.82) is 0 Å². The maximum Gasteiger partial charge on any atom is 0.270 e. The average molecular weight is 315 g/mol. The van der Waals surface area contributed by atoms with E-state index in [1.807, 2.05) is 49.7 Å². The van der Waals surface area contributed by atoms with Gasteiger partial charge in [-0.25, -0.2) is 4.98 Å². The van der Waals surface area contributed by atoms with Crippen LogP contribution in [0.3, 0.4) is 0 Å². The zero-order valence-corrected chi connectivity index (χ0v) is 13.2. The normalized spacial score (nSPS) is 12.5. The molecule has 0 aliphatic rings. The minimum Gasteiger partial charge on any atom is -0.386 e. The van der Waals surface area contributed by atoms with Gasteiger partial charge >= 0.3 is 0 Å². The number of thiophene rings is 1. The number of rotatable bonds is 4. The summed E-state index contributed by atoms with van der Waals surface area (Å²) < 4.78 is 1.76. The average Bonchev–Trinajstić information content (AvgIpc) is 3.06. The summed E-state index contributed by atoms with van der Waals surface area (Å²) in [6.45, 7) is 3.94. The van der Waals surface area contributed by atoms with Gasteiger partial charge in [-0.3, -0.25) is 9.20 Å². The van der Waals surface area contributed by atoms with Crippen LogP contribution in [0.15, 0.2) is 35.8 Å². The van der Waals surface area contributed by atoms with Crippen molar-refractivity contribution >= 4 is 22.9 Å². The second-order valence-electron chi connectivity index (χ2n) is 5.17. The van der Waals surface area contributed by atoms with Crippen molar-refractivity contribution in [2.45, 2.75) is 20.0 Å². The molecular formula is C16H17N3O2S. The van der Waals surface area contributed by atoms with Crippen molar-refractivity contribution < 1.29 is 9.90 Å². The third-order valence-corrected chi connectivity index (χ3v) is 4.70. The molecule has 22 heavy (non-hydrogen) atoms. The quantitative estimate of drug-likeness (QED) is 0.777. The molecule has 0 spiro atoms. The molecule has 1 amide bonds. The van der Waals surface area contributed by atoms with Crippen molar-refractivity contribution in [2.75, 3.05) is 6.54 Å². The van der Waals surface area contributed by atoms with Crippen LogP contribution in [0.25, 0.3) is 5.65 Å². The van der Waals surface area contributed by atoms with Crippen molar-refractivity contribution in [1.82, 2.24) is 14.7 Å². The molecule has 0 bridgehead atoms. The molecular weight excluding hydrogens is 298 g/mol. The number of nitrogens with one attached hydrogen (secondary N) is 1. The summed E-state index contributed by atoms with van der Waals surface area (Å²) in [6, 6.07) is 7.55. The molecule has 3 aromatic rings. The molecule has 0 radical (unpaired) electrons. The van der Waals surface area contributed by atoms with E-state index < -0.39 is 6.10 Å². The first-order chi connectivity index (χ1) is 10.6. The van der Waals surface area contributed by atoms with Crippen LogP contribution in [0, 0.1) is 13.8 Å². The number of pyridine rings is 1. The topological polar surface area (TPSA) is 66.6 Å². The lowest BCUT2D eigenvalue weighted by Crippen LogP contribution is -2.29. The first-order valence-corrected chi connectivity index (χ1v) is 7.90. The fourth-order valence-electron chi connectivity index (χ4n) is 2.48. The zero-order chi connectivity index (χ0) is 15.7. The molecule has 0 aliphatic carbocycles. The van der Waals surface area contributed by atoms with Crippen molar-refractivity contribution in [3.8, 4) is 0 Å². The highest BCUT2D eigenvalue weighted by Crippen LogP contribution is 2.23. The number of carbonyl (C=O) groups is 1. The lowest BCUT2D eigenvalue weighted by molar-refractivity contribution is 0.0911. The minimum absolute atomic E-state index is 0.180. The number of nitrogens with zero attached hydrogens (tertiary/aromatic N) is 2. The molecule has 3 heterocycles. The summed E-state index contributed by atoms with van der Waals surface area (Å²) in [5.41, 5.74) is 2.95. The van der Waals surface area contributed by atoms with E-state index in [2.05, 4.69) is 10.3 Å². The number of carbonyl (C=O) groups excluding carboxylic acids is 1. The fraction of sp³-hybridized carbons (Fsp3) is 0.250. The zero-order valence-electron chi connectivity index (χ0n) is 12.4. The van der Waals surface area contributed by atoms with Crippen LogP contribution in [0.4, 0.5) is 0 Å². The maximum absolute atomic E-state index is 12.4. The summed E-state index contributed by atoms with van der Waals surface area (Å²) >= 11 is 1.49. The molecule has 0 saturated carbocycles. The lowest BCUT2D eigenvalue weighted by atomic mass is 10.2. The van der Waals surface area contributed by atoms with E-state index in [0.717, 1.165) is 16.1 Å². The van der Waals surface area contributed by atoms with Crippen LogP contribution in [-0.4, -0.2) is 26.9 Å². The molecule has 6 heteroatoms. The Morgan fingerprint density at radius 2 is 2.23 bits per heavy atom. The van der Waals surface area contributed by atoms with Gasteiger partial charge in [0.15, 0.2) is 0 Å². The molecule has 1 unspecified atom stereocenters. The Morgan fingerprint density at radius 3 is 2.95 bits per heavy atom. The Hall–Kier alpha value is -2.18. The van der Waals surface area contributed by atoms with Crippen LogP contribution in [0.1, 0.15) is 32.7 Å². The van der Waals surface area contributed by atoms with E-state index in [0.29, 0.717) is 11.4 Å². The number of amides is 1. The maximum atomic E-state index is 12.4. The molecule has 114 valence electrons. The standard InChI is InChI=1S/C16H17N3O2S/c1-10-6-8-22-15(10)12(20)9-17-16(21)14-11(2)18-13-5-3-4-7-19(13)14/h3-8,12,20H,9H2,1-2H3,(H,17,21). The van der Waals surface area contributed by atoms with Crippen LogP contribution in [0.2, 0.25) is 0 Å². The third kappa shape index (κ3) is 2.63. The summed E-state index contributed by atoms with van der Waals surface area (Å²) in [4.78, 5) is 17.7. The summed E-state index contributed by atoms with van der Waals surface area (Å²) in [7, 11) is 0. The molecule has 0 aliphatic heterocycles. The van der Waals surface area contributed by atoms with E-state index >= 15 is 0 Å². The SMILES string of the molecule is Cc1ccsc1C(O)CNC(=O)c1c(C)nc2ccccn12. The van der Waals surface area contributed by atoms with E-state index in [9.17, 15) is 9.90 Å². The van der Waals surface area contributed by atoms with Gasteiger partial charge in [-0.15, -0.1) is 11.3 Å². The molecule has 0 aromatic carbocycles. The van der Waals surface area contributed by atoms with Gasteiger partial charge in [0.05, 0.1) is 5.69 Å². The van der Waals surface area contributed by atoms with Crippen molar-refractivity contribution in [3.05, 3.63) is 57.7 Å². The van der Waals surface area contributed by atoms with Crippen LogP contribution in [-0.2, 0) is 0 Å². The first kappa shape index (κ1) is 14.7. The van der Waals surface area contributed by atoms with Crippen LogP contribution >= 0.6 is 11.3 Å². The Kier molecular flexibility index (Phi) is 3.96. The smallest absolute Gasteiger partial charge is 0.270 e. The number of aliphatic hydroxyl groups is 1. The number of fused-ring (bicyclic) bond motifs is 1. The molecule has 3 rings (SSSR count). The van der Waals surface area contributed by atoms with Crippen LogP contribution < -0.4 is 5.32 Å². The number of hydrogen-bond acceptors (Lipinski definition) is 4. The molecule has 3 aromatic heterocycles. The van der Waals surface area contributed by atoms with Gasteiger partial charge in [0.1, 0.15) is 17.4 Å². The highest BCUT2D eigenvalue weighted by molar-refractivity contribution is 7.10. The Labute approximate surface area is 132 Å². The monoisotopic (exact) mass is 315 g/mol. The second kappa shape index (κ2) is 5.90. The van der Waals surface area contributed by atoms with Gasteiger partial charge in [0.2, 0.25) is 0 Å². The van der Waals surface area contributed by atoms with Gasteiger partial charge in [0.25, 0.3) is 5.91 Å². The Balaban J connectivity index is 1.77. The van der Waals surface area contributed by atoms with Crippen LogP contribution in [0.5, 0.6) is 0 Å². The van der Waals surface area contributed by atoms with Gasteiger partial charge < -0.3 is 10.4 Å². The minimum atomic E-state index is -0.691. The molecule has 0 fully saturated rings. The van der Waals surface area contributed by atoms with Gasteiger partial charge in [-0.05, 0) is 43.0 Å². The Bertz CT molecular complexity index is 822. The van der Waals surface area contributed by atoms with E-state index in [4.69, 9.17) is 0 Å². The summed E-state index contributed by atoms with van der Waals surface area (Å²) in [5, 5.41) is 14.9. The molecule has 1 atom stereocenters. The second-order valence-corrected chi connectivity index (χ2v) is 6.12. The van der Waals surface area contributed by atoms with E-state index in [-0.39, 0.29) is 12.5 Å². The summed E-state index contributed by atoms with van der Waals surface area (Å²) in [6.07, 6.45) is 1.12. The number of hydrogen-bond donors (Lipinski definition) is 2. The van der Waals surface area contributed by atoms with Gasteiger partial charge in [-0.1, -0.05) is 6.07 Å². The molecule has 0 saturated heterocycles. The Morgan fingerprint density at radius 1 is 1.41 bits per heavy atom. The predicted molar refractivity (Wildman–Crippen MR) is 86.3 cm³/mol. The first-order valence-electron chi connectivity index (χ1n) is 7.02. The van der Waals surface area contributed by atoms with Gasteiger partial charge in [0, 0.05) is 17.6 Å². The number of aryl methyl sites for hydroxylation is 2. The van der Waals surface area contributed by atoms with Gasteiger partial charge in [-0.2, -0.15) is 0 Å². The number of aliphatic hydroxyl groups excluding tert-OH is 1. The highest BCUT2D eigenvalue weighted by atomic mass is 32.1. The third-order valence-electron chi connectivity index (χ3n) is 3.58. The lowest BCUT2D eigenvalue weighted by Gasteiger charge is -2.11. The van der Waals surface area contributed by atoms with Crippen molar-refractivity contribution in [3.63, 3.8) is 0 Å². The predicted octanol–water partition coefficient (Wildman–Crippen LogP) is 2.48. The van der Waals surface area contributed by atoms with Crippen molar-refractivity contribution in [2.24, 2.45) is 0 Å². The summed E-state index contributed by atoms with van der Waals surface area (Å²) in [5.74, 6) is -0.232. The fourth-order valence-corrected chi connectivity index (χ4v) is 3.39. The largest absolute Gasteiger partial charge is 0.386 e. The molecule has 5 nitrogen and oxygen atoms in total. The van der Waals surface area contributed by atoms with E-state index in [1.54, 1.807) is 4.40 Å². The van der Waals surface area contributed by atoms with E-state index in [1.165, 1.54) is 11.3 Å². The highest BCUT2D eigenvalue weighted by Gasteiger charge is 2.18. The number of aromatic nitrogens is 2. The number of imidazole rings is 1. The molecule has 2 N–H and O–H groups in total.